The number of hydrogen-bond acceptors (Lipinski definition) is 5. The Balaban J connectivity index is 2.07. The summed E-state index contributed by atoms with van der Waals surface area (Å²) in [7, 11) is 0. The van der Waals surface area contributed by atoms with E-state index in [4.69, 9.17) is 0 Å². The second-order valence-corrected chi connectivity index (χ2v) is 4.92. The second kappa shape index (κ2) is 6.31. The molecule has 0 saturated heterocycles. The van der Waals surface area contributed by atoms with Gasteiger partial charge in [0.2, 0.25) is 0 Å². The minimum absolute atomic E-state index is 0.00832. The molecule has 0 radical (unpaired) electrons. The quantitative estimate of drug-likeness (QED) is 0.705. The number of carboxylic acids is 1. The summed E-state index contributed by atoms with van der Waals surface area (Å²) in [5, 5.41) is 12.1. The second-order valence-electron chi connectivity index (χ2n) is 4.92. The molecular weight excluding hydrogens is 292 g/mol. The van der Waals surface area contributed by atoms with Crippen LogP contribution in [0.25, 0.3) is 10.9 Å². The average molecular weight is 308 g/mol. The molecule has 0 saturated carbocycles. The van der Waals surface area contributed by atoms with Crippen LogP contribution in [0.4, 0.5) is 11.5 Å². The molecule has 0 spiro atoms. The number of benzene rings is 1. The summed E-state index contributed by atoms with van der Waals surface area (Å²) in [5.41, 5.74) is 4.29. The number of aromatic nitrogens is 2. The number of anilines is 2. The van der Waals surface area contributed by atoms with Gasteiger partial charge in [-0.05, 0) is 31.2 Å². The standard InChI is InChI=1S/C17H16N4O2/c1-2-21(20-15-9-5-6-10-18-15)14-11-12-7-3-4-8-13(12)19-16(14)17(22)23/h3-11H,2H2,1H3,(H,18,20)(H,22,23). The average Bonchev–Trinajstić information content (AvgIpc) is 2.59. The number of aromatic carboxylic acids is 1. The Labute approximate surface area is 133 Å². The van der Waals surface area contributed by atoms with E-state index < -0.39 is 5.97 Å². The van der Waals surface area contributed by atoms with Gasteiger partial charge in [0.15, 0.2) is 5.69 Å². The number of para-hydroxylation sites is 1. The van der Waals surface area contributed by atoms with Crippen molar-refractivity contribution in [2.24, 2.45) is 0 Å². The molecule has 2 heterocycles. The summed E-state index contributed by atoms with van der Waals surface area (Å²) >= 11 is 0. The molecule has 3 aromatic rings. The number of fused-ring (bicyclic) bond motifs is 1. The number of carboxylic acid groups (broad SMARTS) is 1. The Morgan fingerprint density at radius 1 is 1.22 bits per heavy atom. The van der Waals surface area contributed by atoms with Crippen molar-refractivity contribution < 1.29 is 9.90 Å². The maximum Gasteiger partial charge on any atom is 0.356 e. The van der Waals surface area contributed by atoms with Crippen molar-refractivity contribution in [1.29, 1.82) is 0 Å². The highest BCUT2D eigenvalue weighted by Crippen LogP contribution is 2.25. The van der Waals surface area contributed by atoms with Gasteiger partial charge in [-0.2, -0.15) is 0 Å². The lowest BCUT2D eigenvalue weighted by Gasteiger charge is -2.25. The van der Waals surface area contributed by atoms with E-state index in [0.717, 1.165) is 5.39 Å². The first kappa shape index (κ1) is 14.8. The Morgan fingerprint density at radius 2 is 2.00 bits per heavy atom. The lowest BCUT2D eigenvalue weighted by molar-refractivity contribution is 0.0691. The predicted octanol–water partition coefficient (Wildman–Crippen LogP) is 3.18. The summed E-state index contributed by atoms with van der Waals surface area (Å²) < 4.78 is 0. The van der Waals surface area contributed by atoms with E-state index in [0.29, 0.717) is 23.6 Å². The molecule has 116 valence electrons. The molecule has 0 atom stereocenters. The molecule has 0 fully saturated rings. The molecule has 3 rings (SSSR count). The van der Waals surface area contributed by atoms with Crippen LogP contribution in [0.1, 0.15) is 17.4 Å². The first-order valence-corrected chi connectivity index (χ1v) is 7.27. The minimum Gasteiger partial charge on any atom is -0.476 e. The van der Waals surface area contributed by atoms with Crippen molar-refractivity contribution in [3.05, 3.63) is 60.4 Å². The molecule has 0 amide bonds. The van der Waals surface area contributed by atoms with Crippen LogP contribution in [0.2, 0.25) is 0 Å². The van der Waals surface area contributed by atoms with Crippen molar-refractivity contribution in [1.82, 2.24) is 9.97 Å². The third kappa shape index (κ3) is 3.06. The molecule has 23 heavy (non-hydrogen) atoms. The lowest BCUT2D eigenvalue weighted by atomic mass is 10.1. The van der Waals surface area contributed by atoms with Crippen LogP contribution in [0.5, 0.6) is 0 Å². The first-order valence-electron chi connectivity index (χ1n) is 7.27. The van der Waals surface area contributed by atoms with Crippen molar-refractivity contribution in [2.45, 2.75) is 6.92 Å². The van der Waals surface area contributed by atoms with E-state index >= 15 is 0 Å². The van der Waals surface area contributed by atoms with Gasteiger partial charge in [0.25, 0.3) is 0 Å². The minimum atomic E-state index is -1.06. The van der Waals surface area contributed by atoms with Gasteiger partial charge in [-0.3, -0.25) is 10.4 Å². The molecule has 0 unspecified atom stereocenters. The molecular formula is C17H16N4O2. The van der Waals surface area contributed by atoms with E-state index in [9.17, 15) is 9.90 Å². The van der Waals surface area contributed by atoms with Gasteiger partial charge in [0.05, 0.1) is 11.2 Å². The summed E-state index contributed by atoms with van der Waals surface area (Å²) in [4.78, 5) is 20.1. The normalized spacial score (nSPS) is 10.5. The Hall–Kier alpha value is -3.15. The monoisotopic (exact) mass is 308 g/mol. The molecule has 6 heteroatoms. The molecule has 0 aliphatic carbocycles. The van der Waals surface area contributed by atoms with Gasteiger partial charge < -0.3 is 5.11 Å². The van der Waals surface area contributed by atoms with E-state index in [1.807, 2.05) is 49.4 Å². The van der Waals surface area contributed by atoms with Gasteiger partial charge in [0, 0.05) is 18.1 Å². The van der Waals surface area contributed by atoms with Gasteiger partial charge >= 0.3 is 5.97 Å². The number of hydrazine groups is 1. The van der Waals surface area contributed by atoms with Crippen molar-refractivity contribution in [3.8, 4) is 0 Å². The first-order chi connectivity index (χ1) is 11.2. The van der Waals surface area contributed by atoms with E-state index in [2.05, 4.69) is 15.4 Å². The van der Waals surface area contributed by atoms with Gasteiger partial charge in [-0.15, -0.1) is 0 Å². The summed E-state index contributed by atoms with van der Waals surface area (Å²) in [6.07, 6.45) is 1.67. The highest BCUT2D eigenvalue weighted by molar-refractivity contribution is 5.97. The van der Waals surface area contributed by atoms with Gasteiger partial charge in [0.1, 0.15) is 5.82 Å². The largest absolute Gasteiger partial charge is 0.476 e. The molecule has 0 aliphatic rings. The molecule has 0 aliphatic heterocycles. The van der Waals surface area contributed by atoms with Crippen LogP contribution in [-0.2, 0) is 0 Å². The fourth-order valence-corrected chi connectivity index (χ4v) is 2.34. The number of rotatable bonds is 5. The number of carbonyl (C=O) groups is 1. The maximum atomic E-state index is 11.6. The Bertz CT molecular complexity index is 836. The zero-order valence-electron chi connectivity index (χ0n) is 12.6. The number of nitrogens with one attached hydrogen (secondary N) is 1. The third-order valence-electron chi connectivity index (χ3n) is 3.43. The number of pyridine rings is 2. The number of hydrogen-bond donors (Lipinski definition) is 2. The van der Waals surface area contributed by atoms with Crippen LogP contribution < -0.4 is 10.4 Å². The Kier molecular flexibility index (Phi) is 4.05. The maximum absolute atomic E-state index is 11.6. The molecule has 6 nitrogen and oxygen atoms in total. The SMILES string of the molecule is CCN(Nc1ccccn1)c1cc2ccccc2nc1C(=O)O. The summed E-state index contributed by atoms with van der Waals surface area (Å²) in [6.45, 7) is 2.48. The zero-order valence-corrected chi connectivity index (χ0v) is 12.6. The van der Waals surface area contributed by atoms with Crippen molar-refractivity contribution >= 4 is 28.4 Å². The summed E-state index contributed by atoms with van der Waals surface area (Å²) in [6, 6.07) is 14.8. The molecule has 2 N–H and O–H groups in total. The van der Waals surface area contributed by atoms with E-state index in [-0.39, 0.29) is 5.69 Å². The molecule has 0 bridgehead atoms. The molecule has 1 aromatic carbocycles. The zero-order chi connectivity index (χ0) is 16.2. The van der Waals surface area contributed by atoms with Crippen molar-refractivity contribution in [2.75, 3.05) is 17.0 Å². The van der Waals surface area contributed by atoms with E-state index in [1.54, 1.807) is 17.3 Å². The van der Waals surface area contributed by atoms with E-state index in [1.165, 1.54) is 0 Å². The van der Waals surface area contributed by atoms with Crippen LogP contribution in [0.15, 0.2) is 54.7 Å². The third-order valence-corrected chi connectivity index (χ3v) is 3.43. The van der Waals surface area contributed by atoms with Gasteiger partial charge in [-0.25, -0.2) is 14.8 Å². The fourth-order valence-electron chi connectivity index (χ4n) is 2.34. The highest BCUT2D eigenvalue weighted by Gasteiger charge is 2.18. The lowest BCUT2D eigenvalue weighted by Crippen LogP contribution is -2.31. The van der Waals surface area contributed by atoms with Crippen molar-refractivity contribution in [3.63, 3.8) is 0 Å². The highest BCUT2D eigenvalue weighted by atomic mass is 16.4. The molecule has 2 aromatic heterocycles. The predicted molar refractivity (Wildman–Crippen MR) is 89.6 cm³/mol. The smallest absolute Gasteiger partial charge is 0.356 e. The van der Waals surface area contributed by atoms with Crippen LogP contribution in [-0.4, -0.2) is 27.6 Å². The fraction of sp³-hybridized carbons (Fsp3) is 0.118. The van der Waals surface area contributed by atoms with Crippen LogP contribution in [0.3, 0.4) is 0 Å². The van der Waals surface area contributed by atoms with Gasteiger partial charge in [-0.1, -0.05) is 24.3 Å². The van der Waals surface area contributed by atoms with Crippen LogP contribution >= 0.6 is 0 Å². The summed E-state index contributed by atoms with van der Waals surface area (Å²) in [5.74, 6) is -0.425. The Morgan fingerprint density at radius 3 is 2.70 bits per heavy atom. The van der Waals surface area contributed by atoms with Crippen LogP contribution in [0, 0.1) is 0 Å². The topological polar surface area (TPSA) is 78.3 Å². The number of nitrogens with zero attached hydrogens (tertiary/aromatic N) is 3.